The third-order valence-electron chi connectivity index (χ3n) is 4.25. The Morgan fingerprint density at radius 2 is 2.00 bits per heavy atom. The maximum Gasteiger partial charge on any atom is 0.0699 e. The molecule has 0 radical (unpaired) electrons. The van der Waals surface area contributed by atoms with Gasteiger partial charge in [0.15, 0.2) is 0 Å². The van der Waals surface area contributed by atoms with Gasteiger partial charge >= 0.3 is 0 Å². The SMILES string of the molecule is CC(C)=CCN1CCC(NC[C@@H]2CCCCO2)CC1. The molecule has 0 aromatic heterocycles. The average molecular weight is 266 g/mol. The highest BCUT2D eigenvalue weighted by Crippen LogP contribution is 2.14. The number of hydrogen-bond acceptors (Lipinski definition) is 3. The van der Waals surface area contributed by atoms with Gasteiger partial charge in [-0.15, -0.1) is 0 Å². The second kappa shape index (κ2) is 8.03. The van der Waals surface area contributed by atoms with Crippen LogP contribution in [0.2, 0.25) is 0 Å². The van der Waals surface area contributed by atoms with Crippen LogP contribution in [0, 0.1) is 0 Å². The first-order chi connectivity index (χ1) is 9.24. The van der Waals surface area contributed by atoms with E-state index in [4.69, 9.17) is 4.74 Å². The summed E-state index contributed by atoms with van der Waals surface area (Å²) in [6.07, 6.45) is 9.20. The van der Waals surface area contributed by atoms with Gasteiger partial charge in [0.25, 0.3) is 0 Å². The highest BCUT2D eigenvalue weighted by Gasteiger charge is 2.20. The van der Waals surface area contributed by atoms with E-state index in [0.29, 0.717) is 12.1 Å². The van der Waals surface area contributed by atoms with Gasteiger partial charge in [-0.25, -0.2) is 0 Å². The molecule has 2 aliphatic heterocycles. The molecule has 1 atom stereocenters. The quantitative estimate of drug-likeness (QED) is 0.774. The first-order valence-corrected chi connectivity index (χ1v) is 7.95. The van der Waals surface area contributed by atoms with E-state index in [1.54, 1.807) is 0 Å². The van der Waals surface area contributed by atoms with Crippen molar-refractivity contribution in [2.75, 3.05) is 32.8 Å². The number of hydrogen-bond donors (Lipinski definition) is 1. The van der Waals surface area contributed by atoms with Crippen LogP contribution in [-0.4, -0.2) is 49.8 Å². The summed E-state index contributed by atoms with van der Waals surface area (Å²) in [6, 6.07) is 0.702. The summed E-state index contributed by atoms with van der Waals surface area (Å²) in [6.45, 7) is 9.96. The van der Waals surface area contributed by atoms with Crippen molar-refractivity contribution >= 4 is 0 Å². The number of rotatable bonds is 5. The molecule has 3 heteroatoms. The van der Waals surface area contributed by atoms with E-state index in [-0.39, 0.29) is 0 Å². The molecule has 0 aliphatic carbocycles. The van der Waals surface area contributed by atoms with Gasteiger partial charge in [0.2, 0.25) is 0 Å². The molecule has 0 aromatic rings. The largest absolute Gasteiger partial charge is 0.377 e. The lowest BCUT2D eigenvalue weighted by molar-refractivity contribution is 0.0140. The van der Waals surface area contributed by atoms with Crippen molar-refractivity contribution in [2.45, 2.75) is 58.1 Å². The van der Waals surface area contributed by atoms with E-state index in [0.717, 1.165) is 19.7 Å². The summed E-state index contributed by atoms with van der Waals surface area (Å²) in [4.78, 5) is 2.56. The monoisotopic (exact) mass is 266 g/mol. The van der Waals surface area contributed by atoms with Crippen LogP contribution in [0.4, 0.5) is 0 Å². The van der Waals surface area contributed by atoms with Crippen LogP contribution in [0.15, 0.2) is 11.6 Å². The smallest absolute Gasteiger partial charge is 0.0699 e. The van der Waals surface area contributed by atoms with Crippen molar-refractivity contribution in [3.05, 3.63) is 11.6 Å². The summed E-state index contributed by atoms with van der Waals surface area (Å²) in [5.41, 5.74) is 1.43. The van der Waals surface area contributed by atoms with Gasteiger partial charge in [-0.2, -0.15) is 0 Å². The maximum atomic E-state index is 5.77. The molecule has 19 heavy (non-hydrogen) atoms. The van der Waals surface area contributed by atoms with Gasteiger partial charge < -0.3 is 10.1 Å². The first kappa shape index (κ1) is 15.0. The fourth-order valence-electron chi connectivity index (χ4n) is 2.90. The fraction of sp³-hybridized carbons (Fsp3) is 0.875. The molecule has 2 rings (SSSR count). The Balaban J connectivity index is 1.59. The van der Waals surface area contributed by atoms with Crippen LogP contribution < -0.4 is 5.32 Å². The molecule has 1 N–H and O–H groups in total. The highest BCUT2D eigenvalue weighted by atomic mass is 16.5. The third-order valence-corrected chi connectivity index (χ3v) is 4.25. The Morgan fingerprint density at radius 1 is 1.21 bits per heavy atom. The Morgan fingerprint density at radius 3 is 2.63 bits per heavy atom. The Hall–Kier alpha value is -0.380. The van der Waals surface area contributed by atoms with E-state index in [9.17, 15) is 0 Å². The number of nitrogens with zero attached hydrogens (tertiary/aromatic N) is 1. The van der Waals surface area contributed by atoms with Gasteiger partial charge in [-0.1, -0.05) is 11.6 Å². The van der Waals surface area contributed by atoms with Crippen LogP contribution in [0.5, 0.6) is 0 Å². The van der Waals surface area contributed by atoms with Crippen molar-refractivity contribution in [3.8, 4) is 0 Å². The number of likely N-dealkylation sites (tertiary alicyclic amines) is 1. The minimum atomic E-state index is 0.470. The Kier molecular flexibility index (Phi) is 6.35. The van der Waals surface area contributed by atoms with Gasteiger partial charge in [-0.05, 0) is 59.0 Å². The molecule has 3 nitrogen and oxygen atoms in total. The topological polar surface area (TPSA) is 24.5 Å². The predicted octanol–water partition coefficient (Wildman–Crippen LogP) is 2.58. The Bertz CT molecular complexity index is 272. The lowest BCUT2D eigenvalue weighted by Gasteiger charge is -2.33. The van der Waals surface area contributed by atoms with Crippen LogP contribution in [-0.2, 0) is 4.74 Å². The van der Waals surface area contributed by atoms with Crippen molar-refractivity contribution in [2.24, 2.45) is 0 Å². The zero-order valence-corrected chi connectivity index (χ0v) is 12.7. The number of ether oxygens (including phenoxy) is 1. The molecule has 2 saturated heterocycles. The summed E-state index contributed by atoms with van der Waals surface area (Å²) in [5.74, 6) is 0. The normalized spacial score (nSPS) is 26.3. The second-order valence-corrected chi connectivity index (χ2v) is 6.25. The van der Waals surface area contributed by atoms with Crippen LogP contribution >= 0.6 is 0 Å². The minimum absolute atomic E-state index is 0.470. The van der Waals surface area contributed by atoms with Crippen LogP contribution in [0.1, 0.15) is 46.0 Å². The average Bonchev–Trinajstić information content (AvgIpc) is 2.45. The lowest BCUT2D eigenvalue weighted by atomic mass is 10.0. The predicted molar refractivity (Wildman–Crippen MR) is 80.5 cm³/mol. The zero-order valence-electron chi connectivity index (χ0n) is 12.7. The summed E-state index contributed by atoms with van der Waals surface area (Å²) >= 11 is 0. The standard InChI is InChI=1S/C16H30N2O/c1-14(2)6-9-18-10-7-15(8-11-18)17-13-16-5-3-4-12-19-16/h6,15-17H,3-5,7-13H2,1-2H3/t16-/m0/s1. The molecule has 0 spiro atoms. The fourth-order valence-corrected chi connectivity index (χ4v) is 2.90. The molecule has 2 heterocycles. The van der Waals surface area contributed by atoms with Crippen LogP contribution in [0.3, 0.4) is 0 Å². The van der Waals surface area contributed by atoms with Gasteiger partial charge in [-0.3, -0.25) is 4.90 Å². The molecule has 2 aliphatic rings. The molecule has 0 saturated carbocycles. The zero-order chi connectivity index (χ0) is 13.5. The number of allylic oxidation sites excluding steroid dienone is 1. The molecule has 0 aromatic carbocycles. The van der Waals surface area contributed by atoms with E-state index >= 15 is 0 Å². The van der Waals surface area contributed by atoms with Crippen molar-refractivity contribution in [1.29, 1.82) is 0 Å². The minimum Gasteiger partial charge on any atom is -0.377 e. The highest BCUT2D eigenvalue weighted by molar-refractivity contribution is 4.95. The molecular formula is C16H30N2O. The van der Waals surface area contributed by atoms with E-state index in [1.807, 2.05) is 0 Å². The molecule has 0 bridgehead atoms. The summed E-state index contributed by atoms with van der Waals surface area (Å²) in [5, 5.41) is 3.71. The molecule has 0 amide bonds. The van der Waals surface area contributed by atoms with Crippen molar-refractivity contribution in [3.63, 3.8) is 0 Å². The molecule has 110 valence electrons. The van der Waals surface area contributed by atoms with Crippen molar-refractivity contribution in [1.82, 2.24) is 10.2 Å². The van der Waals surface area contributed by atoms with Gasteiger partial charge in [0.1, 0.15) is 0 Å². The molecule has 2 fully saturated rings. The summed E-state index contributed by atoms with van der Waals surface area (Å²) in [7, 11) is 0. The third kappa shape index (κ3) is 5.64. The molecular weight excluding hydrogens is 236 g/mol. The van der Waals surface area contributed by atoms with Gasteiger partial charge in [0, 0.05) is 25.7 Å². The molecule has 0 unspecified atom stereocenters. The van der Waals surface area contributed by atoms with E-state index in [1.165, 1.54) is 50.8 Å². The maximum absolute atomic E-state index is 5.77. The summed E-state index contributed by atoms with van der Waals surface area (Å²) < 4.78 is 5.77. The van der Waals surface area contributed by atoms with E-state index in [2.05, 4.69) is 30.1 Å². The Labute approximate surface area is 118 Å². The van der Waals surface area contributed by atoms with Crippen LogP contribution in [0.25, 0.3) is 0 Å². The number of nitrogens with one attached hydrogen (secondary N) is 1. The van der Waals surface area contributed by atoms with Crippen molar-refractivity contribution < 1.29 is 4.74 Å². The first-order valence-electron chi connectivity index (χ1n) is 7.95. The lowest BCUT2D eigenvalue weighted by Crippen LogP contribution is -2.45. The van der Waals surface area contributed by atoms with E-state index < -0.39 is 0 Å². The second-order valence-electron chi connectivity index (χ2n) is 6.25. The van der Waals surface area contributed by atoms with Gasteiger partial charge in [0.05, 0.1) is 6.10 Å². The number of piperidine rings is 1.